The number of anilines is 1. The van der Waals surface area contributed by atoms with Crippen molar-refractivity contribution in [3.8, 4) is 0 Å². The number of carbonyl (C=O) groups is 4. The Hall–Kier alpha value is -3.13. The van der Waals surface area contributed by atoms with Crippen molar-refractivity contribution in [2.24, 2.45) is 10.6 Å². The van der Waals surface area contributed by atoms with Crippen LogP contribution in [0.3, 0.4) is 0 Å². The Kier molecular flexibility index (Phi) is 7.82. The molecule has 2 atom stereocenters. The molecule has 1 fully saturated rings. The topological polar surface area (TPSA) is 163 Å². The second-order valence-electron chi connectivity index (χ2n) is 8.47. The molecule has 12 nitrogen and oxygen atoms in total. The summed E-state index contributed by atoms with van der Waals surface area (Å²) in [7, 11) is 1.28. The van der Waals surface area contributed by atoms with Crippen LogP contribution in [0.25, 0.3) is 0 Å². The Balaban J connectivity index is 1.58. The number of ether oxygens (including phenoxy) is 2. The number of nitrogens with one attached hydrogen (secondary N) is 1. The number of oxime groups is 1. The van der Waals surface area contributed by atoms with Gasteiger partial charge < -0.3 is 25.4 Å². The van der Waals surface area contributed by atoms with Crippen LogP contribution in [-0.2, 0) is 33.5 Å². The van der Waals surface area contributed by atoms with Gasteiger partial charge in [0.1, 0.15) is 29.9 Å². The minimum atomic E-state index is -0.892. The summed E-state index contributed by atoms with van der Waals surface area (Å²) in [5.74, 6) is -2.05. The second-order valence-corrected chi connectivity index (χ2v) is 10.5. The van der Waals surface area contributed by atoms with E-state index in [0.29, 0.717) is 5.75 Å². The van der Waals surface area contributed by atoms with Crippen molar-refractivity contribution in [2.45, 2.75) is 38.6 Å². The van der Waals surface area contributed by atoms with Gasteiger partial charge in [-0.05, 0) is 11.5 Å². The molecule has 2 amide bonds. The SMILES string of the molecule is CON=C(C(=O)NC1C(=O)N2C(C(=O)OCOC(=O)CC(C)(C)C)=CCS[C@@H]12)c1csc(N)n1. The van der Waals surface area contributed by atoms with Crippen LogP contribution >= 0.6 is 23.1 Å². The molecule has 0 radical (unpaired) electrons. The predicted molar refractivity (Wildman–Crippen MR) is 124 cm³/mol. The zero-order chi connectivity index (χ0) is 25.0. The number of thioether (sulfide) groups is 1. The molecule has 2 aliphatic heterocycles. The minimum Gasteiger partial charge on any atom is -0.428 e. The van der Waals surface area contributed by atoms with Crippen LogP contribution in [0.15, 0.2) is 22.3 Å². The van der Waals surface area contributed by atoms with E-state index in [1.807, 2.05) is 20.8 Å². The largest absolute Gasteiger partial charge is 0.428 e. The Morgan fingerprint density at radius 3 is 2.68 bits per heavy atom. The molecule has 184 valence electrons. The van der Waals surface area contributed by atoms with Gasteiger partial charge in [0.25, 0.3) is 11.8 Å². The van der Waals surface area contributed by atoms with Crippen molar-refractivity contribution < 1.29 is 33.5 Å². The number of nitrogen functional groups attached to an aromatic ring is 1. The van der Waals surface area contributed by atoms with Crippen LogP contribution in [0.5, 0.6) is 0 Å². The van der Waals surface area contributed by atoms with Gasteiger partial charge in [0.05, 0.1) is 6.42 Å². The van der Waals surface area contributed by atoms with Gasteiger partial charge in [0.15, 0.2) is 10.8 Å². The van der Waals surface area contributed by atoms with Crippen LogP contribution < -0.4 is 11.1 Å². The van der Waals surface area contributed by atoms with Gasteiger partial charge >= 0.3 is 11.9 Å². The van der Waals surface area contributed by atoms with Gasteiger partial charge in [-0.15, -0.1) is 23.1 Å². The monoisotopic (exact) mass is 511 g/mol. The first kappa shape index (κ1) is 25.5. The molecule has 0 aliphatic carbocycles. The van der Waals surface area contributed by atoms with Crippen molar-refractivity contribution in [2.75, 3.05) is 25.4 Å². The van der Waals surface area contributed by atoms with Gasteiger partial charge in [-0.2, -0.15) is 0 Å². The van der Waals surface area contributed by atoms with Crippen molar-refractivity contribution in [3.63, 3.8) is 0 Å². The minimum absolute atomic E-state index is 0.0316. The highest BCUT2D eigenvalue weighted by Crippen LogP contribution is 2.37. The Morgan fingerprint density at radius 1 is 1.32 bits per heavy atom. The summed E-state index contributed by atoms with van der Waals surface area (Å²) in [6.45, 7) is 5.09. The highest BCUT2D eigenvalue weighted by atomic mass is 32.2. The molecule has 1 aromatic rings. The Bertz CT molecular complexity index is 1050. The smallest absolute Gasteiger partial charge is 0.357 e. The summed E-state index contributed by atoms with van der Waals surface area (Å²) in [6.07, 6.45) is 1.71. The number of hydrogen-bond acceptors (Lipinski definition) is 12. The third-order valence-electron chi connectivity index (χ3n) is 4.59. The number of thiazole rings is 1. The zero-order valence-corrected chi connectivity index (χ0v) is 20.7. The van der Waals surface area contributed by atoms with E-state index in [2.05, 4.69) is 15.5 Å². The maximum absolute atomic E-state index is 12.8. The molecule has 0 spiro atoms. The van der Waals surface area contributed by atoms with Gasteiger partial charge in [0, 0.05) is 11.1 Å². The molecule has 3 N–H and O–H groups in total. The number of carbonyl (C=O) groups excluding carboxylic acids is 4. The van der Waals surface area contributed by atoms with Gasteiger partial charge in [0.2, 0.25) is 6.79 Å². The molecule has 3 rings (SSSR count). The molecule has 0 aromatic carbocycles. The summed E-state index contributed by atoms with van der Waals surface area (Å²) in [6, 6.07) is -0.892. The van der Waals surface area contributed by atoms with E-state index < -0.39 is 42.0 Å². The molecule has 1 unspecified atom stereocenters. The fourth-order valence-electron chi connectivity index (χ4n) is 3.14. The first-order chi connectivity index (χ1) is 16.0. The zero-order valence-electron chi connectivity index (χ0n) is 19.0. The lowest BCUT2D eigenvalue weighted by Gasteiger charge is -2.48. The van der Waals surface area contributed by atoms with Gasteiger partial charge in [-0.1, -0.05) is 25.9 Å². The molecular weight excluding hydrogens is 486 g/mol. The molecule has 3 heterocycles. The maximum atomic E-state index is 12.8. The molecule has 14 heteroatoms. The lowest BCUT2D eigenvalue weighted by Crippen LogP contribution is -2.70. The molecule has 34 heavy (non-hydrogen) atoms. The summed E-state index contributed by atoms with van der Waals surface area (Å²) in [5.41, 5.74) is 5.47. The van der Waals surface area contributed by atoms with E-state index in [1.165, 1.54) is 23.8 Å². The van der Waals surface area contributed by atoms with E-state index in [0.717, 1.165) is 11.3 Å². The normalized spacial score (nSPS) is 20.0. The molecule has 1 saturated heterocycles. The number of amides is 2. The number of nitrogens with two attached hydrogens (primary N) is 1. The number of rotatable bonds is 8. The Labute approximate surface area is 203 Å². The van der Waals surface area contributed by atoms with Crippen molar-refractivity contribution in [1.29, 1.82) is 0 Å². The number of β-lactam (4-membered cyclic amide) rings is 1. The van der Waals surface area contributed by atoms with Crippen LogP contribution in [-0.4, -0.2) is 70.4 Å². The van der Waals surface area contributed by atoms with Crippen molar-refractivity contribution in [3.05, 3.63) is 22.8 Å². The molecule has 1 aromatic heterocycles. The van der Waals surface area contributed by atoms with Gasteiger partial charge in [-0.25, -0.2) is 9.78 Å². The molecule has 0 bridgehead atoms. The van der Waals surface area contributed by atoms with E-state index in [9.17, 15) is 19.2 Å². The average molecular weight is 512 g/mol. The molecule has 2 aliphatic rings. The van der Waals surface area contributed by atoms with Gasteiger partial charge in [-0.3, -0.25) is 19.3 Å². The number of nitrogens with zero attached hydrogens (tertiary/aromatic N) is 3. The van der Waals surface area contributed by atoms with Crippen molar-refractivity contribution >= 4 is 57.7 Å². The fraction of sp³-hybridized carbons (Fsp3) is 0.500. The second kappa shape index (κ2) is 10.4. The molecule has 0 saturated carbocycles. The maximum Gasteiger partial charge on any atom is 0.357 e. The highest BCUT2D eigenvalue weighted by Gasteiger charge is 2.53. The highest BCUT2D eigenvalue weighted by molar-refractivity contribution is 8.00. The predicted octanol–water partition coefficient (Wildman–Crippen LogP) is 0.840. The van der Waals surface area contributed by atoms with Crippen LogP contribution in [0.1, 0.15) is 32.9 Å². The van der Waals surface area contributed by atoms with Crippen LogP contribution in [0.2, 0.25) is 0 Å². The third-order valence-corrected chi connectivity index (χ3v) is 6.45. The summed E-state index contributed by atoms with van der Waals surface area (Å²) in [4.78, 5) is 59.8. The average Bonchev–Trinajstić information content (AvgIpc) is 3.19. The first-order valence-electron chi connectivity index (χ1n) is 10.1. The number of esters is 2. The fourth-order valence-corrected chi connectivity index (χ4v) is 4.88. The summed E-state index contributed by atoms with van der Waals surface area (Å²) >= 11 is 2.49. The summed E-state index contributed by atoms with van der Waals surface area (Å²) in [5, 5.41) is 7.58. The van der Waals surface area contributed by atoms with E-state index in [4.69, 9.17) is 20.0 Å². The third kappa shape index (κ3) is 5.86. The molecular formula is C20H25N5O7S2. The quantitative estimate of drug-likeness (QED) is 0.168. The summed E-state index contributed by atoms with van der Waals surface area (Å²) < 4.78 is 9.96. The van der Waals surface area contributed by atoms with Crippen molar-refractivity contribution in [1.82, 2.24) is 15.2 Å². The number of aromatic nitrogens is 1. The number of fused-ring (bicyclic) bond motifs is 1. The first-order valence-corrected chi connectivity index (χ1v) is 12.1. The lowest BCUT2D eigenvalue weighted by molar-refractivity contribution is -0.169. The van der Waals surface area contributed by atoms with Crippen LogP contribution in [0, 0.1) is 5.41 Å². The van der Waals surface area contributed by atoms with E-state index in [1.54, 1.807) is 11.5 Å². The lowest BCUT2D eigenvalue weighted by atomic mass is 9.93. The number of hydrogen-bond donors (Lipinski definition) is 2. The van der Waals surface area contributed by atoms with Crippen LogP contribution in [0.4, 0.5) is 5.13 Å². The standard InChI is InChI=1S/C20H25N5O7S2/c1-20(2,3)7-12(26)31-9-32-18(29)11-5-6-33-17-14(16(28)25(11)17)23-15(27)13(24-30-4)10-8-34-19(21)22-10/h5,8,14,17H,6-7,9H2,1-4H3,(H2,21,22)(H,23,27)/t14?,17-/m0/s1. The van der Waals surface area contributed by atoms with E-state index in [-0.39, 0.29) is 34.1 Å². The van der Waals surface area contributed by atoms with E-state index >= 15 is 0 Å². The Morgan fingerprint density at radius 2 is 2.06 bits per heavy atom.